The fourth-order valence-electron chi connectivity index (χ4n) is 3.76. The maximum Gasteiger partial charge on any atom is 0.228 e. The van der Waals surface area contributed by atoms with Gasteiger partial charge in [-0.2, -0.15) is 0 Å². The van der Waals surface area contributed by atoms with E-state index in [2.05, 4.69) is 9.97 Å². The van der Waals surface area contributed by atoms with Crippen LogP contribution in [0.25, 0.3) is 22.2 Å². The number of aromatic nitrogens is 2. The van der Waals surface area contributed by atoms with Crippen LogP contribution in [0.1, 0.15) is 25.5 Å². The standard InChI is InChI=1S/C23H24FN3O3/c1-23(29)9-11-27(12-10-23)20(28)13-15-14-25-21-17(16-5-3-4-6-18(16)24)7-8-19(30-2)22(21)26-15/h3-8,14,29H,9-13H2,1-2H3. The molecule has 0 saturated carbocycles. The molecule has 1 N–H and O–H groups in total. The molecule has 30 heavy (non-hydrogen) atoms. The van der Waals surface area contributed by atoms with E-state index in [1.54, 1.807) is 48.4 Å². The molecule has 1 aromatic heterocycles. The van der Waals surface area contributed by atoms with E-state index >= 15 is 0 Å². The van der Waals surface area contributed by atoms with Crippen molar-refractivity contribution in [2.24, 2.45) is 0 Å². The Balaban J connectivity index is 1.65. The minimum atomic E-state index is -0.712. The summed E-state index contributed by atoms with van der Waals surface area (Å²) in [4.78, 5) is 23.6. The first-order chi connectivity index (χ1) is 14.4. The number of ether oxygens (including phenoxy) is 1. The molecule has 0 unspecified atom stereocenters. The van der Waals surface area contributed by atoms with E-state index in [1.165, 1.54) is 13.2 Å². The normalized spacial score (nSPS) is 15.9. The monoisotopic (exact) mass is 409 g/mol. The molecule has 6 nitrogen and oxygen atoms in total. The van der Waals surface area contributed by atoms with Gasteiger partial charge < -0.3 is 14.7 Å². The summed E-state index contributed by atoms with van der Waals surface area (Å²) in [5.74, 6) is 0.121. The number of hydrogen-bond acceptors (Lipinski definition) is 5. The number of methoxy groups -OCH3 is 1. The van der Waals surface area contributed by atoms with Crippen molar-refractivity contribution in [3.05, 3.63) is 54.1 Å². The Labute approximate surface area is 174 Å². The Morgan fingerprint density at radius 1 is 1.17 bits per heavy atom. The predicted molar refractivity (Wildman–Crippen MR) is 112 cm³/mol. The number of carbonyl (C=O) groups is 1. The predicted octanol–water partition coefficient (Wildman–Crippen LogP) is 3.36. The Morgan fingerprint density at radius 3 is 2.60 bits per heavy atom. The molecule has 0 atom stereocenters. The molecule has 1 aliphatic heterocycles. The van der Waals surface area contributed by atoms with Gasteiger partial charge in [-0.1, -0.05) is 18.2 Å². The first-order valence-corrected chi connectivity index (χ1v) is 9.96. The van der Waals surface area contributed by atoms with E-state index < -0.39 is 5.60 Å². The Hall–Kier alpha value is -3.06. The van der Waals surface area contributed by atoms with Crippen LogP contribution in [0.4, 0.5) is 4.39 Å². The number of carbonyl (C=O) groups excluding carboxylic acids is 1. The van der Waals surface area contributed by atoms with Crippen molar-refractivity contribution in [1.29, 1.82) is 0 Å². The van der Waals surface area contributed by atoms with E-state index in [0.717, 1.165) is 0 Å². The third-order valence-corrected chi connectivity index (χ3v) is 5.62. The quantitative estimate of drug-likeness (QED) is 0.715. The molecule has 0 bridgehead atoms. The molecule has 1 fully saturated rings. The summed E-state index contributed by atoms with van der Waals surface area (Å²) in [6, 6.07) is 10.0. The number of nitrogens with zero attached hydrogens (tertiary/aromatic N) is 3. The van der Waals surface area contributed by atoms with Gasteiger partial charge in [0.2, 0.25) is 5.91 Å². The van der Waals surface area contributed by atoms with Crippen molar-refractivity contribution in [2.45, 2.75) is 31.8 Å². The van der Waals surface area contributed by atoms with Crippen LogP contribution < -0.4 is 4.74 Å². The molecule has 1 saturated heterocycles. The zero-order valence-electron chi connectivity index (χ0n) is 17.1. The van der Waals surface area contributed by atoms with Gasteiger partial charge in [0, 0.05) is 30.4 Å². The minimum Gasteiger partial charge on any atom is -0.494 e. The van der Waals surface area contributed by atoms with Gasteiger partial charge in [-0.05, 0) is 38.0 Å². The summed E-state index contributed by atoms with van der Waals surface area (Å²) in [5.41, 5.74) is 1.87. The van der Waals surface area contributed by atoms with Gasteiger partial charge in [0.15, 0.2) is 0 Å². The highest BCUT2D eigenvalue weighted by Crippen LogP contribution is 2.33. The lowest BCUT2D eigenvalue weighted by atomic mass is 9.93. The Morgan fingerprint density at radius 2 is 1.90 bits per heavy atom. The van der Waals surface area contributed by atoms with Crippen LogP contribution in [0, 0.1) is 5.82 Å². The number of benzene rings is 2. The van der Waals surface area contributed by atoms with Crippen molar-refractivity contribution in [3.63, 3.8) is 0 Å². The SMILES string of the molecule is COc1ccc(-c2ccccc2F)c2ncc(CC(=O)N3CCC(C)(O)CC3)nc12. The summed E-state index contributed by atoms with van der Waals surface area (Å²) >= 11 is 0. The lowest BCUT2D eigenvalue weighted by Gasteiger charge is -2.35. The van der Waals surface area contributed by atoms with E-state index in [1.807, 2.05) is 0 Å². The van der Waals surface area contributed by atoms with Crippen LogP contribution in [-0.4, -0.2) is 51.7 Å². The lowest BCUT2D eigenvalue weighted by molar-refractivity contribution is -0.134. The highest BCUT2D eigenvalue weighted by molar-refractivity contribution is 5.95. The summed E-state index contributed by atoms with van der Waals surface area (Å²) in [5, 5.41) is 10.1. The number of aliphatic hydroxyl groups is 1. The molecule has 1 amide bonds. The highest BCUT2D eigenvalue weighted by Gasteiger charge is 2.29. The lowest BCUT2D eigenvalue weighted by Crippen LogP contribution is -2.45. The second-order valence-electron chi connectivity index (χ2n) is 7.91. The zero-order chi connectivity index (χ0) is 21.3. The molecular formula is C23H24FN3O3. The topological polar surface area (TPSA) is 75.5 Å². The molecule has 156 valence electrons. The summed E-state index contributed by atoms with van der Waals surface area (Å²) in [6.45, 7) is 2.84. The van der Waals surface area contributed by atoms with Crippen LogP contribution in [0.2, 0.25) is 0 Å². The summed E-state index contributed by atoms with van der Waals surface area (Å²) < 4.78 is 19.8. The second-order valence-corrected chi connectivity index (χ2v) is 7.91. The van der Waals surface area contributed by atoms with Gasteiger partial charge in [-0.15, -0.1) is 0 Å². The van der Waals surface area contributed by atoms with Crippen molar-refractivity contribution in [3.8, 4) is 16.9 Å². The molecule has 3 aromatic rings. The maximum absolute atomic E-state index is 14.4. The molecule has 2 heterocycles. The van der Waals surface area contributed by atoms with Crippen molar-refractivity contribution in [1.82, 2.24) is 14.9 Å². The second kappa shape index (κ2) is 7.99. The van der Waals surface area contributed by atoms with E-state index in [9.17, 15) is 14.3 Å². The van der Waals surface area contributed by atoms with E-state index in [0.29, 0.717) is 59.5 Å². The largest absolute Gasteiger partial charge is 0.494 e. The molecule has 0 radical (unpaired) electrons. The van der Waals surface area contributed by atoms with E-state index in [-0.39, 0.29) is 18.1 Å². The molecule has 0 spiro atoms. The van der Waals surface area contributed by atoms with Crippen molar-refractivity contribution >= 4 is 16.9 Å². The first-order valence-electron chi connectivity index (χ1n) is 9.96. The number of piperidine rings is 1. The molecule has 7 heteroatoms. The fourth-order valence-corrected chi connectivity index (χ4v) is 3.76. The first kappa shape index (κ1) is 20.2. The van der Waals surface area contributed by atoms with Gasteiger partial charge in [0.1, 0.15) is 22.6 Å². The van der Waals surface area contributed by atoms with Gasteiger partial charge >= 0.3 is 0 Å². The van der Waals surface area contributed by atoms with Gasteiger partial charge in [0.25, 0.3) is 0 Å². The van der Waals surface area contributed by atoms with Crippen LogP contribution >= 0.6 is 0 Å². The van der Waals surface area contributed by atoms with Crippen LogP contribution in [0.3, 0.4) is 0 Å². The number of fused-ring (bicyclic) bond motifs is 1. The van der Waals surface area contributed by atoms with Gasteiger partial charge in [-0.25, -0.2) is 9.37 Å². The Kier molecular flexibility index (Phi) is 5.39. The average molecular weight is 409 g/mol. The molecule has 1 aliphatic rings. The zero-order valence-corrected chi connectivity index (χ0v) is 17.1. The van der Waals surface area contributed by atoms with Crippen molar-refractivity contribution in [2.75, 3.05) is 20.2 Å². The number of rotatable bonds is 4. The van der Waals surface area contributed by atoms with Crippen molar-refractivity contribution < 1.29 is 19.0 Å². The number of hydrogen-bond donors (Lipinski definition) is 1. The molecule has 2 aromatic carbocycles. The van der Waals surface area contributed by atoms with Gasteiger partial charge in [0.05, 0.1) is 24.8 Å². The summed E-state index contributed by atoms with van der Waals surface area (Å²) in [7, 11) is 1.54. The smallest absolute Gasteiger partial charge is 0.228 e. The number of halogens is 1. The van der Waals surface area contributed by atoms with Crippen LogP contribution in [0.5, 0.6) is 5.75 Å². The van der Waals surface area contributed by atoms with Crippen LogP contribution in [0.15, 0.2) is 42.6 Å². The van der Waals surface area contributed by atoms with Gasteiger partial charge in [-0.3, -0.25) is 9.78 Å². The number of amides is 1. The molecular weight excluding hydrogens is 385 g/mol. The third kappa shape index (κ3) is 3.98. The maximum atomic E-state index is 14.4. The summed E-state index contributed by atoms with van der Waals surface area (Å²) in [6.07, 6.45) is 2.78. The molecule has 0 aliphatic carbocycles. The van der Waals surface area contributed by atoms with Crippen LogP contribution in [-0.2, 0) is 11.2 Å². The highest BCUT2D eigenvalue weighted by atomic mass is 19.1. The molecule has 4 rings (SSSR count). The fraction of sp³-hybridized carbons (Fsp3) is 0.348. The Bertz CT molecular complexity index is 1090. The number of likely N-dealkylation sites (tertiary alicyclic amines) is 1. The minimum absolute atomic E-state index is 0.0524. The average Bonchev–Trinajstić information content (AvgIpc) is 2.73. The third-order valence-electron chi connectivity index (χ3n) is 5.62. The van der Waals surface area contributed by atoms with E-state index in [4.69, 9.17) is 4.74 Å².